The Hall–Kier alpha value is -4.47. The van der Waals surface area contributed by atoms with Gasteiger partial charge in [0.05, 0.1) is 36.0 Å². The minimum atomic E-state index is -0.412. The lowest BCUT2D eigenvalue weighted by Gasteiger charge is -2.08. The van der Waals surface area contributed by atoms with E-state index in [0.29, 0.717) is 40.7 Å². The van der Waals surface area contributed by atoms with Crippen molar-refractivity contribution in [3.8, 4) is 22.5 Å². The first-order chi connectivity index (χ1) is 15.6. The van der Waals surface area contributed by atoms with Gasteiger partial charge in [-0.3, -0.25) is 14.2 Å². The first kappa shape index (κ1) is 19.5. The quantitative estimate of drug-likeness (QED) is 0.459. The molecule has 9 nitrogen and oxygen atoms in total. The zero-order valence-corrected chi connectivity index (χ0v) is 17.0. The molecule has 0 radical (unpaired) electrons. The maximum absolute atomic E-state index is 13.6. The number of imidazole rings is 1. The van der Waals surface area contributed by atoms with E-state index in [9.17, 15) is 9.18 Å². The summed E-state index contributed by atoms with van der Waals surface area (Å²) in [4.78, 5) is 24.3. The molecule has 0 saturated heterocycles. The van der Waals surface area contributed by atoms with Gasteiger partial charge in [-0.15, -0.1) is 0 Å². The summed E-state index contributed by atoms with van der Waals surface area (Å²) in [7, 11) is 1.69. The predicted octanol–water partition coefficient (Wildman–Crippen LogP) is 2.70. The van der Waals surface area contributed by atoms with Crippen LogP contribution in [0.15, 0.2) is 72.3 Å². The molecule has 1 N–H and O–H groups in total. The Labute approximate surface area is 181 Å². The second-order valence-electron chi connectivity index (χ2n) is 7.14. The molecule has 0 aliphatic carbocycles. The lowest BCUT2D eigenvalue weighted by atomic mass is 10.2. The fraction of sp³-hybridized carbons (Fsp3) is 0.0909. The molecule has 0 amide bonds. The Morgan fingerprint density at radius 3 is 2.72 bits per heavy atom. The van der Waals surface area contributed by atoms with Crippen LogP contribution in [0.2, 0.25) is 0 Å². The van der Waals surface area contributed by atoms with Crippen LogP contribution in [0.25, 0.3) is 28.2 Å². The summed E-state index contributed by atoms with van der Waals surface area (Å²) < 4.78 is 16.9. The van der Waals surface area contributed by atoms with Gasteiger partial charge in [0.15, 0.2) is 11.5 Å². The summed E-state index contributed by atoms with van der Waals surface area (Å²) in [5, 5.41) is 11.7. The molecule has 0 fully saturated rings. The number of hydrogen-bond donors (Lipinski definition) is 1. The minimum absolute atomic E-state index is 0.0833. The number of aromatic nitrogens is 7. The van der Waals surface area contributed by atoms with Gasteiger partial charge in [0.2, 0.25) is 5.56 Å². The molecule has 5 aromatic rings. The number of halogens is 1. The van der Waals surface area contributed by atoms with E-state index in [4.69, 9.17) is 0 Å². The third kappa shape index (κ3) is 3.69. The van der Waals surface area contributed by atoms with Crippen molar-refractivity contribution in [3.63, 3.8) is 0 Å². The average molecular weight is 428 g/mol. The molecular formula is C22H17FN8O. The van der Waals surface area contributed by atoms with Crippen LogP contribution in [0.1, 0.15) is 5.69 Å². The topological polar surface area (TPSA) is 103 Å². The zero-order valence-electron chi connectivity index (χ0n) is 17.0. The van der Waals surface area contributed by atoms with Crippen LogP contribution in [0.3, 0.4) is 0 Å². The van der Waals surface area contributed by atoms with Crippen molar-refractivity contribution in [2.75, 3.05) is 5.32 Å². The van der Waals surface area contributed by atoms with Crippen LogP contribution >= 0.6 is 0 Å². The molecule has 0 aromatic carbocycles. The van der Waals surface area contributed by atoms with E-state index >= 15 is 0 Å². The molecule has 0 atom stereocenters. The second kappa shape index (κ2) is 7.99. The standard InChI is InChI=1S/C22H17FN8O/c1-30-13-14(2-5-20(30)32)18-4-3-17(28-29-18)11-26-21-22-27-12-19(31(22)7-6-25-21)15-8-16(23)10-24-9-15/h2-10,12-13H,11H2,1H3,(H,25,26). The molecule has 0 saturated carbocycles. The molecule has 5 heterocycles. The summed E-state index contributed by atoms with van der Waals surface area (Å²) >= 11 is 0. The van der Waals surface area contributed by atoms with E-state index in [0.717, 1.165) is 11.8 Å². The largest absolute Gasteiger partial charge is 0.361 e. The molecule has 0 aliphatic heterocycles. The summed E-state index contributed by atoms with van der Waals surface area (Å²) in [5.41, 5.74) is 4.03. The number of nitrogens with zero attached hydrogens (tertiary/aromatic N) is 7. The number of fused-ring (bicyclic) bond motifs is 1. The maximum atomic E-state index is 13.6. The Morgan fingerprint density at radius 1 is 1.03 bits per heavy atom. The van der Waals surface area contributed by atoms with Crippen molar-refractivity contribution in [1.82, 2.24) is 34.1 Å². The first-order valence-electron chi connectivity index (χ1n) is 9.75. The van der Waals surface area contributed by atoms with E-state index in [1.165, 1.54) is 16.7 Å². The fourth-order valence-electron chi connectivity index (χ4n) is 3.34. The summed E-state index contributed by atoms with van der Waals surface area (Å²) in [6.07, 6.45) is 9.52. The maximum Gasteiger partial charge on any atom is 0.250 e. The summed E-state index contributed by atoms with van der Waals surface area (Å²) in [6.45, 7) is 0.386. The molecule has 158 valence electrons. The molecule has 0 aliphatic rings. The lowest BCUT2D eigenvalue weighted by Crippen LogP contribution is -2.14. The highest BCUT2D eigenvalue weighted by Gasteiger charge is 2.11. The predicted molar refractivity (Wildman–Crippen MR) is 116 cm³/mol. The van der Waals surface area contributed by atoms with Crippen LogP contribution in [0.4, 0.5) is 10.2 Å². The molecule has 5 aromatic heterocycles. The fourth-order valence-corrected chi connectivity index (χ4v) is 3.34. The number of anilines is 1. The SMILES string of the molecule is Cn1cc(-c2ccc(CNc3nccn4c(-c5cncc(F)c5)cnc34)nn2)ccc1=O. The van der Waals surface area contributed by atoms with Gasteiger partial charge in [0.25, 0.3) is 0 Å². The molecular weight excluding hydrogens is 411 g/mol. The number of pyridine rings is 2. The number of rotatable bonds is 5. The Morgan fingerprint density at radius 2 is 1.94 bits per heavy atom. The number of hydrogen-bond acceptors (Lipinski definition) is 7. The van der Waals surface area contributed by atoms with Crippen LogP contribution < -0.4 is 10.9 Å². The summed E-state index contributed by atoms with van der Waals surface area (Å²) in [5.74, 6) is 0.150. The van der Waals surface area contributed by atoms with Crippen molar-refractivity contribution in [2.45, 2.75) is 6.54 Å². The van der Waals surface area contributed by atoms with E-state index in [1.807, 2.05) is 16.5 Å². The van der Waals surface area contributed by atoms with Gasteiger partial charge in [-0.05, 0) is 24.3 Å². The monoisotopic (exact) mass is 428 g/mol. The lowest BCUT2D eigenvalue weighted by molar-refractivity contribution is 0.622. The van der Waals surface area contributed by atoms with Gasteiger partial charge in [0, 0.05) is 49.0 Å². The normalized spacial score (nSPS) is 11.1. The number of nitrogens with one attached hydrogen (secondary N) is 1. The first-order valence-corrected chi connectivity index (χ1v) is 9.75. The van der Waals surface area contributed by atoms with Crippen molar-refractivity contribution >= 4 is 11.5 Å². The average Bonchev–Trinajstić information content (AvgIpc) is 3.25. The van der Waals surface area contributed by atoms with Crippen LogP contribution in [0.5, 0.6) is 0 Å². The highest BCUT2D eigenvalue weighted by Crippen LogP contribution is 2.23. The van der Waals surface area contributed by atoms with Crippen LogP contribution in [-0.2, 0) is 13.6 Å². The van der Waals surface area contributed by atoms with E-state index < -0.39 is 5.82 Å². The molecule has 5 rings (SSSR count). The molecule has 10 heteroatoms. The zero-order chi connectivity index (χ0) is 22.1. The van der Waals surface area contributed by atoms with Gasteiger partial charge < -0.3 is 9.88 Å². The van der Waals surface area contributed by atoms with Crippen molar-refractivity contribution in [1.29, 1.82) is 0 Å². The Kier molecular flexibility index (Phi) is 4.86. The molecule has 0 bridgehead atoms. The van der Waals surface area contributed by atoms with Gasteiger partial charge in [-0.2, -0.15) is 10.2 Å². The third-order valence-corrected chi connectivity index (χ3v) is 4.97. The van der Waals surface area contributed by atoms with Crippen LogP contribution in [-0.4, -0.2) is 34.1 Å². The van der Waals surface area contributed by atoms with E-state index in [-0.39, 0.29) is 5.56 Å². The molecule has 0 spiro atoms. The van der Waals surface area contributed by atoms with Crippen molar-refractivity contribution in [2.24, 2.45) is 7.05 Å². The third-order valence-electron chi connectivity index (χ3n) is 4.97. The highest BCUT2D eigenvalue weighted by atomic mass is 19.1. The Bertz CT molecular complexity index is 1480. The van der Waals surface area contributed by atoms with Crippen molar-refractivity contribution in [3.05, 3.63) is 89.4 Å². The van der Waals surface area contributed by atoms with Gasteiger partial charge in [-0.1, -0.05) is 0 Å². The Balaban J connectivity index is 1.36. The van der Waals surface area contributed by atoms with E-state index in [2.05, 4.69) is 30.5 Å². The van der Waals surface area contributed by atoms with Gasteiger partial charge >= 0.3 is 0 Å². The van der Waals surface area contributed by atoms with E-state index in [1.54, 1.807) is 44.1 Å². The second-order valence-corrected chi connectivity index (χ2v) is 7.14. The molecule has 0 unspecified atom stereocenters. The van der Waals surface area contributed by atoms with Gasteiger partial charge in [-0.25, -0.2) is 14.4 Å². The minimum Gasteiger partial charge on any atom is -0.361 e. The molecule has 32 heavy (non-hydrogen) atoms. The highest BCUT2D eigenvalue weighted by molar-refractivity contribution is 5.70. The smallest absolute Gasteiger partial charge is 0.250 e. The van der Waals surface area contributed by atoms with Gasteiger partial charge in [0.1, 0.15) is 5.82 Å². The van der Waals surface area contributed by atoms with Crippen LogP contribution in [0, 0.1) is 5.82 Å². The summed E-state index contributed by atoms with van der Waals surface area (Å²) in [6, 6.07) is 8.33. The number of aryl methyl sites for hydroxylation is 1. The van der Waals surface area contributed by atoms with Crippen molar-refractivity contribution < 1.29 is 4.39 Å².